The van der Waals surface area contributed by atoms with Gasteiger partial charge in [-0.25, -0.2) is 0 Å². The third kappa shape index (κ3) is 1.96. The molecule has 1 aromatic rings. The molecule has 1 aliphatic carbocycles. The zero-order chi connectivity index (χ0) is 15.3. The molecular weight excluding hydrogens is 280 g/mol. The molecule has 5 heteroatoms. The first kappa shape index (κ1) is 13.8. The van der Waals surface area contributed by atoms with Crippen LogP contribution in [-0.2, 0) is 15.0 Å². The molecule has 2 heterocycles. The third-order valence-corrected chi connectivity index (χ3v) is 5.34. The zero-order valence-electron chi connectivity index (χ0n) is 12.5. The molecule has 2 fully saturated rings. The van der Waals surface area contributed by atoms with Gasteiger partial charge in [0.05, 0.1) is 0 Å². The largest absolute Gasteiger partial charge is 0.396 e. The smallest absolute Gasteiger partial charge is 0.316 e. The molecule has 1 unspecified atom stereocenters. The minimum atomic E-state index is -0.427. The van der Waals surface area contributed by atoms with Gasteiger partial charge in [-0.3, -0.25) is 9.59 Å². The van der Waals surface area contributed by atoms with Gasteiger partial charge >= 0.3 is 11.8 Å². The summed E-state index contributed by atoms with van der Waals surface area (Å²) in [5, 5.41) is 9.19. The predicted octanol–water partition coefficient (Wildman–Crippen LogP) is 0.906. The summed E-state index contributed by atoms with van der Waals surface area (Å²) in [6.45, 7) is 1.76. The van der Waals surface area contributed by atoms with Crippen LogP contribution in [0, 0.1) is 5.92 Å². The number of benzene rings is 1. The van der Waals surface area contributed by atoms with Crippen molar-refractivity contribution in [1.29, 1.82) is 0 Å². The molecule has 0 radical (unpaired) electrons. The van der Waals surface area contributed by atoms with E-state index in [1.54, 1.807) is 9.80 Å². The van der Waals surface area contributed by atoms with Crippen LogP contribution in [0.3, 0.4) is 0 Å². The first-order valence-corrected chi connectivity index (χ1v) is 7.96. The van der Waals surface area contributed by atoms with Crippen molar-refractivity contribution in [3.63, 3.8) is 0 Å². The van der Waals surface area contributed by atoms with E-state index in [2.05, 4.69) is 6.07 Å². The Kier molecular flexibility index (Phi) is 3.01. The average Bonchev–Trinajstić information content (AvgIpc) is 3.04. The number of likely N-dealkylation sites (tertiary alicyclic amines) is 1. The molecule has 116 valence electrons. The topological polar surface area (TPSA) is 60.9 Å². The summed E-state index contributed by atoms with van der Waals surface area (Å²) in [4.78, 5) is 28.4. The summed E-state index contributed by atoms with van der Waals surface area (Å²) in [5.74, 6) is -0.740. The number of carbonyl (C=O) groups is 2. The van der Waals surface area contributed by atoms with Crippen LogP contribution in [0.25, 0.3) is 0 Å². The van der Waals surface area contributed by atoms with E-state index in [0.29, 0.717) is 19.6 Å². The van der Waals surface area contributed by atoms with Crippen molar-refractivity contribution in [3.05, 3.63) is 29.8 Å². The van der Waals surface area contributed by atoms with Gasteiger partial charge in [-0.05, 0) is 30.9 Å². The Morgan fingerprint density at radius 1 is 1.23 bits per heavy atom. The molecule has 2 amide bonds. The van der Waals surface area contributed by atoms with Crippen LogP contribution in [0.15, 0.2) is 24.3 Å². The number of hydrogen-bond acceptors (Lipinski definition) is 3. The normalized spacial score (nSPS) is 24.7. The van der Waals surface area contributed by atoms with Gasteiger partial charge in [0, 0.05) is 43.3 Å². The number of anilines is 1. The summed E-state index contributed by atoms with van der Waals surface area (Å²) >= 11 is 0. The first-order valence-electron chi connectivity index (χ1n) is 7.96. The molecule has 3 aliphatic rings. The number of fused-ring (bicyclic) bond motifs is 2. The predicted molar refractivity (Wildman–Crippen MR) is 81.5 cm³/mol. The molecule has 1 N–H and O–H groups in total. The molecule has 1 aromatic carbocycles. The zero-order valence-corrected chi connectivity index (χ0v) is 12.5. The van der Waals surface area contributed by atoms with Crippen LogP contribution in [0.2, 0.25) is 0 Å². The molecule has 1 spiro atoms. The van der Waals surface area contributed by atoms with Crippen molar-refractivity contribution >= 4 is 17.5 Å². The second kappa shape index (κ2) is 4.81. The Balaban J connectivity index is 1.56. The summed E-state index contributed by atoms with van der Waals surface area (Å²) < 4.78 is 0. The SMILES string of the molecule is O=C(C(=O)N1CC2(CC2)c2ccccc21)N1CCC(CO)C1. The van der Waals surface area contributed by atoms with Crippen LogP contribution >= 0.6 is 0 Å². The Hall–Kier alpha value is -1.88. The standard InChI is InChI=1S/C17H20N2O3/c20-10-12-5-8-18(9-12)15(21)16(22)19-11-17(6-7-17)13-3-1-2-4-14(13)19/h1-4,12,20H,5-11H2. The van der Waals surface area contributed by atoms with Crippen molar-refractivity contribution in [2.75, 3.05) is 31.1 Å². The van der Waals surface area contributed by atoms with Crippen LogP contribution in [0.4, 0.5) is 5.69 Å². The van der Waals surface area contributed by atoms with Crippen molar-refractivity contribution in [1.82, 2.24) is 4.90 Å². The van der Waals surface area contributed by atoms with Gasteiger partial charge in [0.15, 0.2) is 0 Å². The second-order valence-electron chi connectivity index (χ2n) is 6.78. The van der Waals surface area contributed by atoms with Crippen LogP contribution in [0.1, 0.15) is 24.8 Å². The van der Waals surface area contributed by atoms with Crippen molar-refractivity contribution in [2.45, 2.75) is 24.7 Å². The minimum absolute atomic E-state index is 0.0770. The first-order chi connectivity index (χ1) is 10.6. The van der Waals surface area contributed by atoms with Crippen LogP contribution in [0.5, 0.6) is 0 Å². The summed E-state index contributed by atoms with van der Waals surface area (Å²) in [6.07, 6.45) is 2.96. The van der Waals surface area contributed by atoms with Crippen LogP contribution < -0.4 is 4.90 Å². The van der Waals surface area contributed by atoms with E-state index >= 15 is 0 Å². The quantitative estimate of drug-likeness (QED) is 0.784. The van der Waals surface area contributed by atoms with E-state index < -0.39 is 11.8 Å². The van der Waals surface area contributed by atoms with E-state index in [-0.39, 0.29) is 17.9 Å². The molecule has 0 bridgehead atoms. The number of aliphatic hydroxyl groups is 1. The second-order valence-corrected chi connectivity index (χ2v) is 6.78. The number of nitrogens with zero attached hydrogens (tertiary/aromatic N) is 2. The monoisotopic (exact) mass is 300 g/mol. The number of rotatable bonds is 1. The highest BCUT2D eigenvalue weighted by Gasteiger charge is 2.53. The lowest BCUT2D eigenvalue weighted by atomic mass is 9.99. The summed E-state index contributed by atoms with van der Waals surface area (Å²) in [6, 6.07) is 7.94. The van der Waals surface area contributed by atoms with E-state index in [1.165, 1.54) is 5.56 Å². The highest BCUT2D eigenvalue weighted by Crippen LogP contribution is 2.56. The molecule has 22 heavy (non-hydrogen) atoms. The number of amides is 2. The van der Waals surface area contributed by atoms with Crippen LogP contribution in [-0.4, -0.2) is 48.1 Å². The molecule has 1 saturated heterocycles. The average molecular weight is 300 g/mol. The maximum absolute atomic E-state index is 12.7. The molecule has 5 nitrogen and oxygen atoms in total. The fourth-order valence-corrected chi connectivity index (χ4v) is 3.81. The minimum Gasteiger partial charge on any atom is -0.396 e. The van der Waals surface area contributed by atoms with Gasteiger partial charge in [0.1, 0.15) is 0 Å². The fourth-order valence-electron chi connectivity index (χ4n) is 3.81. The molecule has 1 saturated carbocycles. The van der Waals surface area contributed by atoms with Gasteiger partial charge in [-0.1, -0.05) is 18.2 Å². The van der Waals surface area contributed by atoms with E-state index in [1.807, 2.05) is 18.2 Å². The lowest BCUT2D eigenvalue weighted by Crippen LogP contribution is -2.44. The lowest BCUT2D eigenvalue weighted by Gasteiger charge is -2.21. The van der Waals surface area contributed by atoms with Crippen molar-refractivity contribution in [2.24, 2.45) is 5.92 Å². The Bertz CT molecular complexity index is 639. The lowest BCUT2D eigenvalue weighted by molar-refractivity contribution is -0.143. The molecule has 2 aliphatic heterocycles. The third-order valence-electron chi connectivity index (χ3n) is 5.34. The highest BCUT2D eigenvalue weighted by molar-refractivity contribution is 6.40. The Morgan fingerprint density at radius 3 is 2.68 bits per heavy atom. The van der Waals surface area contributed by atoms with Gasteiger partial charge in [-0.2, -0.15) is 0 Å². The fraction of sp³-hybridized carbons (Fsp3) is 0.529. The Labute approximate surface area is 129 Å². The molecular formula is C17H20N2O3. The molecule has 1 atom stereocenters. The highest BCUT2D eigenvalue weighted by atomic mass is 16.3. The maximum Gasteiger partial charge on any atom is 0.316 e. The number of aliphatic hydroxyl groups excluding tert-OH is 1. The van der Waals surface area contributed by atoms with E-state index in [4.69, 9.17) is 0 Å². The molecule has 0 aromatic heterocycles. The van der Waals surface area contributed by atoms with Gasteiger partial charge < -0.3 is 14.9 Å². The number of hydrogen-bond donors (Lipinski definition) is 1. The summed E-state index contributed by atoms with van der Waals surface area (Å²) in [7, 11) is 0. The van der Waals surface area contributed by atoms with Gasteiger partial charge in [0.2, 0.25) is 0 Å². The van der Waals surface area contributed by atoms with E-state index in [0.717, 1.165) is 24.9 Å². The van der Waals surface area contributed by atoms with Gasteiger partial charge in [0.25, 0.3) is 0 Å². The molecule has 4 rings (SSSR count). The maximum atomic E-state index is 12.7. The van der Waals surface area contributed by atoms with E-state index in [9.17, 15) is 14.7 Å². The van der Waals surface area contributed by atoms with Gasteiger partial charge in [-0.15, -0.1) is 0 Å². The number of carbonyl (C=O) groups excluding carboxylic acids is 2. The number of para-hydroxylation sites is 1. The van der Waals surface area contributed by atoms with Crippen molar-refractivity contribution < 1.29 is 14.7 Å². The van der Waals surface area contributed by atoms with Crippen molar-refractivity contribution in [3.8, 4) is 0 Å². The Morgan fingerprint density at radius 2 is 2.00 bits per heavy atom. The summed E-state index contributed by atoms with van der Waals surface area (Å²) in [5.41, 5.74) is 2.22.